The van der Waals surface area contributed by atoms with Crippen LogP contribution in [0.2, 0.25) is 0 Å². The number of carbonyl (C=O) groups is 2. The van der Waals surface area contributed by atoms with E-state index in [0.717, 1.165) is 0 Å². The lowest BCUT2D eigenvalue weighted by Gasteiger charge is -2.18. The minimum absolute atomic E-state index is 0. The molecule has 0 saturated heterocycles. The molecule has 0 saturated carbocycles. The summed E-state index contributed by atoms with van der Waals surface area (Å²) in [6.07, 6.45) is 0. The lowest BCUT2D eigenvalue weighted by Crippen LogP contribution is -2.47. The molecule has 1 aromatic rings. The van der Waals surface area contributed by atoms with Crippen LogP contribution in [0, 0.1) is 0 Å². The standard InChI is InChI=1S/C14H21N3O3.ClH/c1-14(2,15)10-17-12(18)8-16-13(19)9-20-11-6-4-3-5-7-11;/h3-7H,8-10,15H2,1-2H3,(H,16,19)(H,17,18);1H. The number of para-hydroxylation sites is 1. The van der Waals surface area contributed by atoms with Crippen molar-refractivity contribution < 1.29 is 14.3 Å². The van der Waals surface area contributed by atoms with Gasteiger partial charge in [0.1, 0.15) is 5.75 Å². The number of hydrogen-bond acceptors (Lipinski definition) is 4. The Morgan fingerprint density at radius 3 is 2.33 bits per heavy atom. The fourth-order valence-electron chi connectivity index (χ4n) is 1.28. The largest absolute Gasteiger partial charge is 0.484 e. The number of nitrogens with one attached hydrogen (secondary N) is 2. The summed E-state index contributed by atoms with van der Waals surface area (Å²) in [4.78, 5) is 22.9. The van der Waals surface area contributed by atoms with Crippen LogP contribution in [-0.2, 0) is 9.59 Å². The van der Waals surface area contributed by atoms with Gasteiger partial charge in [0.05, 0.1) is 6.54 Å². The zero-order valence-corrected chi connectivity index (χ0v) is 13.0. The number of ether oxygens (including phenoxy) is 1. The monoisotopic (exact) mass is 315 g/mol. The number of nitrogens with two attached hydrogens (primary N) is 1. The van der Waals surface area contributed by atoms with Crippen molar-refractivity contribution in [3.63, 3.8) is 0 Å². The number of benzene rings is 1. The quantitative estimate of drug-likeness (QED) is 0.681. The Morgan fingerprint density at radius 2 is 1.76 bits per heavy atom. The highest BCUT2D eigenvalue weighted by Crippen LogP contribution is 2.07. The fourth-order valence-corrected chi connectivity index (χ4v) is 1.28. The van der Waals surface area contributed by atoms with Crippen molar-refractivity contribution in [3.8, 4) is 5.75 Å². The molecule has 0 aliphatic heterocycles. The van der Waals surface area contributed by atoms with Crippen LogP contribution >= 0.6 is 12.4 Å². The van der Waals surface area contributed by atoms with Gasteiger partial charge in [-0.15, -0.1) is 12.4 Å². The molecular formula is C14H22ClN3O3. The van der Waals surface area contributed by atoms with E-state index in [4.69, 9.17) is 10.5 Å². The smallest absolute Gasteiger partial charge is 0.258 e. The first-order valence-electron chi connectivity index (χ1n) is 6.37. The molecule has 2 amide bonds. The molecule has 1 rings (SSSR count). The molecule has 7 heteroatoms. The van der Waals surface area contributed by atoms with Crippen LogP contribution < -0.4 is 21.1 Å². The molecule has 0 spiro atoms. The lowest BCUT2D eigenvalue weighted by atomic mass is 10.1. The Kier molecular flexibility index (Phi) is 8.42. The van der Waals surface area contributed by atoms with Gasteiger partial charge in [-0.1, -0.05) is 18.2 Å². The summed E-state index contributed by atoms with van der Waals surface area (Å²) in [5.74, 6) is -0.0235. The van der Waals surface area contributed by atoms with E-state index >= 15 is 0 Å². The van der Waals surface area contributed by atoms with Gasteiger partial charge in [-0.25, -0.2) is 0 Å². The van der Waals surface area contributed by atoms with E-state index in [1.54, 1.807) is 26.0 Å². The van der Waals surface area contributed by atoms with Gasteiger partial charge < -0.3 is 21.1 Å². The van der Waals surface area contributed by atoms with E-state index in [0.29, 0.717) is 12.3 Å². The van der Waals surface area contributed by atoms with Crippen LogP contribution in [0.25, 0.3) is 0 Å². The maximum absolute atomic E-state index is 11.5. The topological polar surface area (TPSA) is 93.5 Å². The summed E-state index contributed by atoms with van der Waals surface area (Å²) in [6.45, 7) is 3.74. The molecular weight excluding hydrogens is 294 g/mol. The number of rotatable bonds is 7. The highest BCUT2D eigenvalue weighted by Gasteiger charge is 2.12. The van der Waals surface area contributed by atoms with Crippen molar-refractivity contribution in [1.82, 2.24) is 10.6 Å². The molecule has 0 bridgehead atoms. The van der Waals surface area contributed by atoms with Crippen LogP contribution in [0.5, 0.6) is 5.75 Å². The molecule has 0 fully saturated rings. The van der Waals surface area contributed by atoms with Crippen LogP contribution in [0.1, 0.15) is 13.8 Å². The zero-order valence-electron chi connectivity index (χ0n) is 12.2. The molecule has 0 aliphatic carbocycles. The third-order valence-corrected chi connectivity index (χ3v) is 2.30. The maximum Gasteiger partial charge on any atom is 0.258 e. The second-order valence-electron chi connectivity index (χ2n) is 5.14. The van der Waals surface area contributed by atoms with Crippen molar-refractivity contribution in [1.29, 1.82) is 0 Å². The van der Waals surface area contributed by atoms with Crippen LogP contribution in [0.3, 0.4) is 0 Å². The number of halogens is 1. The summed E-state index contributed by atoms with van der Waals surface area (Å²) in [6, 6.07) is 8.99. The Labute approximate surface area is 130 Å². The molecule has 0 atom stereocenters. The van der Waals surface area contributed by atoms with E-state index < -0.39 is 5.54 Å². The molecule has 1 aromatic carbocycles. The van der Waals surface area contributed by atoms with Gasteiger partial charge in [0.15, 0.2) is 6.61 Å². The molecule has 0 aliphatic rings. The molecule has 0 aromatic heterocycles. The summed E-state index contributed by atoms with van der Waals surface area (Å²) in [5, 5.41) is 5.10. The third kappa shape index (κ3) is 9.70. The fraction of sp³-hybridized carbons (Fsp3) is 0.429. The Bertz CT molecular complexity index is 447. The average molecular weight is 316 g/mol. The van der Waals surface area contributed by atoms with Crippen molar-refractivity contribution in [2.24, 2.45) is 5.73 Å². The van der Waals surface area contributed by atoms with Crippen LogP contribution in [0.15, 0.2) is 30.3 Å². The molecule has 21 heavy (non-hydrogen) atoms. The average Bonchev–Trinajstić information content (AvgIpc) is 2.41. The van der Waals surface area contributed by atoms with E-state index in [-0.39, 0.29) is 37.4 Å². The lowest BCUT2D eigenvalue weighted by molar-refractivity contribution is -0.127. The van der Waals surface area contributed by atoms with Gasteiger partial charge in [0.2, 0.25) is 5.91 Å². The van der Waals surface area contributed by atoms with Gasteiger partial charge >= 0.3 is 0 Å². The Balaban J connectivity index is 0.00000400. The second-order valence-corrected chi connectivity index (χ2v) is 5.14. The first-order valence-corrected chi connectivity index (χ1v) is 6.37. The molecule has 0 radical (unpaired) electrons. The molecule has 4 N–H and O–H groups in total. The van der Waals surface area contributed by atoms with E-state index in [9.17, 15) is 9.59 Å². The Hall–Kier alpha value is -1.79. The van der Waals surface area contributed by atoms with Crippen LogP contribution in [0.4, 0.5) is 0 Å². The molecule has 118 valence electrons. The number of amides is 2. The van der Waals surface area contributed by atoms with E-state index in [1.807, 2.05) is 18.2 Å². The van der Waals surface area contributed by atoms with Crippen molar-refractivity contribution in [2.75, 3.05) is 19.7 Å². The normalized spacial score (nSPS) is 10.2. The first-order chi connectivity index (χ1) is 9.37. The second kappa shape index (κ2) is 9.20. The van der Waals surface area contributed by atoms with Crippen molar-refractivity contribution in [3.05, 3.63) is 30.3 Å². The minimum atomic E-state index is -0.476. The predicted molar refractivity (Wildman–Crippen MR) is 83.5 cm³/mol. The highest BCUT2D eigenvalue weighted by atomic mass is 35.5. The molecule has 0 unspecified atom stereocenters. The maximum atomic E-state index is 11.5. The minimum Gasteiger partial charge on any atom is -0.484 e. The van der Waals surface area contributed by atoms with E-state index in [2.05, 4.69) is 10.6 Å². The van der Waals surface area contributed by atoms with Gasteiger partial charge in [-0.3, -0.25) is 9.59 Å². The molecule has 6 nitrogen and oxygen atoms in total. The van der Waals surface area contributed by atoms with Crippen molar-refractivity contribution in [2.45, 2.75) is 19.4 Å². The summed E-state index contributed by atoms with van der Waals surface area (Å²) in [7, 11) is 0. The SMILES string of the molecule is CC(C)(N)CNC(=O)CNC(=O)COc1ccccc1.Cl. The first kappa shape index (κ1) is 19.2. The summed E-state index contributed by atoms with van der Waals surface area (Å²) < 4.78 is 5.25. The number of hydrogen-bond donors (Lipinski definition) is 3. The van der Waals surface area contributed by atoms with Gasteiger partial charge in [0, 0.05) is 12.1 Å². The van der Waals surface area contributed by atoms with Gasteiger partial charge in [-0.05, 0) is 26.0 Å². The van der Waals surface area contributed by atoms with Gasteiger partial charge in [0.25, 0.3) is 5.91 Å². The van der Waals surface area contributed by atoms with Crippen molar-refractivity contribution >= 4 is 24.2 Å². The Morgan fingerprint density at radius 1 is 1.14 bits per heavy atom. The summed E-state index contributed by atoms with van der Waals surface area (Å²) >= 11 is 0. The van der Waals surface area contributed by atoms with Gasteiger partial charge in [-0.2, -0.15) is 0 Å². The number of carbonyl (C=O) groups excluding carboxylic acids is 2. The van der Waals surface area contributed by atoms with Crippen LogP contribution in [-0.4, -0.2) is 37.0 Å². The molecule has 0 heterocycles. The zero-order chi connectivity index (χ0) is 15.0. The predicted octanol–water partition coefficient (Wildman–Crippen LogP) is 0.457. The summed E-state index contributed by atoms with van der Waals surface area (Å²) in [5.41, 5.74) is 5.25. The highest BCUT2D eigenvalue weighted by molar-refractivity contribution is 5.85. The van der Waals surface area contributed by atoms with E-state index in [1.165, 1.54) is 0 Å². The third-order valence-electron chi connectivity index (χ3n) is 2.30.